The molecule has 6 nitrogen and oxygen atoms in total. The van der Waals surface area contributed by atoms with E-state index in [2.05, 4.69) is 41.5 Å². The number of urea groups is 1. The molecule has 1 aliphatic carbocycles. The summed E-state index contributed by atoms with van der Waals surface area (Å²) in [5.74, 6) is 1.31. The highest BCUT2D eigenvalue weighted by molar-refractivity contribution is 7.09. The number of hydrogen-bond donors (Lipinski definition) is 2. The van der Waals surface area contributed by atoms with Gasteiger partial charge in [0.05, 0.1) is 17.8 Å². The van der Waals surface area contributed by atoms with E-state index >= 15 is 0 Å². The Morgan fingerprint density at radius 3 is 2.72 bits per heavy atom. The first kappa shape index (κ1) is 17.9. The van der Waals surface area contributed by atoms with Crippen LogP contribution in [-0.4, -0.2) is 20.8 Å². The second-order valence-electron chi connectivity index (χ2n) is 7.45. The van der Waals surface area contributed by atoms with Crippen molar-refractivity contribution in [2.45, 2.75) is 65.0 Å². The molecule has 1 saturated carbocycles. The quantitative estimate of drug-likeness (QED) is 0.798. The molecule has 2 amide bonds. The molecule has 1 fully saturated rings. The summed E-state index contributed by atoms with van der Waals surface area (Å²) in [6.07, 6.45) is 5.74. The van der Waals surface area contributed by atoms with Crippen LogP contribution in [0.4, 0.5) is 10.6 Å². The Hall–Kier alpha value is -1.89. The fraction of sp³-hybridized carbons (Fsp3) is 0.611. The van der Waals surface area contributed by atoms with Crippen LogP contribution in [-0.2, 0) is 5.54 Å². The predicted octanol–water partition coefficient (Wildman–Crippen LogP) is 4.46. The van der Waals surface area contributed by atoms with Gasteiger partial charge in [0.1, 0.15) is 10.8 Å². The van der Waals surface area contributed by atoms with Crippen LogP contribution in [0.15, 0.2) is 17.6 Å². The van der Waals surface area contributed by atoms with Gasteiger partial charge in [0.2, 0.25) is 0 Å². The van der Waals surface area contributed by atoms with E-state index in [0.29, 0.717) is 5.92 Å². The molecule has 2 aromatic rings. The summed E-state index contributed by atoms with van der Waals surface area (Å²) in [6, 6.07) is 1.90. The van der Waals surface area contributed by atoms with Crippen LogP contribution in [0.1, 0.15) is 63.2 Å². The molecule has 0 spiro atoms. The Balaban J connectivity index is 1.68. The van der Waals surface area contributed by atoms with E-state index in [9.17, 15) is 4.79 Å². The van der Waals surface area contributed by atoms with Crippen molar-refractivity contribution in [3.05, 3.63) is 28.3 Å². The predicted molar refractivity (Wildman–Crippen MR) is 101 cm³/mol. The second kappa shape index (κ2) is 7.15. The lowest BCUT2D eigenvalue weighted by atomic mass is 9.77. The lowest BCUT2D eigenvalue weighted by Gasteiger charge is -2.40. The van der Waals surface area contributed by atoms with E-state index in [0.717, 1.165) is 42.2 Å². The van der Waals surface area contributed by atoms with Crippen LogP contribution in [0.5, 0.6) is 0 Å². The molecule has 0 unspecified atom stereocenters. The number of carbonyl (C=O) groups excluding carboxylic acids is 1. The van der Waals surface area contributed by atoms with Gasteiger partial charge in [0.25, 0.3) is 0 Å². The Bertz CT molecular complexity index is 731. The smallest absolute Gasteiger partial charge is 0.321 e. The van der Waals surface area contributed by atoms with Crippen LogP contribution < -0.4 is 10.6 Å². The standard InChI is InChI=1S/C18H27N5OS/c1-12(2)10-14(4)23-15(6-9-19-23)21-17(24)22-18(7-5-8-18)16-20-13(3)11-25-16/h6,9,11-12,14H,5,7-8,10H2,1-4H3,(H2,21,22,24)/t14-/m0/s1. The van der Waals surface area contributed by atoms with Crippen LogP contribution >= 0.6 is 11.3 Å². The van der Waals surface area contributed by atoms with Gasteiger partial charge in [-0.15, -0.1) is 11.3 Å². The number of nitrogens with zero attached hydrogens (tertiary/aromatic N) is 3. The fourth-order valence-corrected chi connectivity index (χ4v) is 4.42. The molecular formula is C18H27N5OS. The largest absolute Gasteiger partial charge is 0.326 e. The van der Waals surface area contributed by atoms with Gasteiger partial charge in [-0.3, -0.25) is 5.32 Å². The lowest BCUT2D eigenvalue weighted by Crippen LogP contribution is -2.52. The van der Waals surface area contributed by atoms with Crippen molar-refractivity contribution in [2.24, 2.45) is 5.92 Å². The van der Waals surface area contributed by atoms with Crippen LogP contribution in [0.2, 0.25) is 0 Å². The van der Waals surface area contributed by atoms with Gasteiger partial charge in [0, 0.05) is 17.1 Å². The molecule has 0 radical (unpaired) electrons. The molecule has 2 N–H and O–H groups in total. The van der Waals surface area contributed by atoms with Crippen molar-refractivity contribution >= 4 is 23.2 Å². The Morgan fingerprint density at radius 2 is 2.16 bits per heavy atom. The van der Waals surface area contributed by atoms with Gasteiger partial charge < -0.3 is 5.32 Å². The number of hydrogen-bond acceptors (Lipinski definition) is 4. The Labute approximate surface area is 153 Å². The average molecular weight is 362 g/mol. The van der Waals surface area contributed by atoms with Crippen molar-refractivity contribution in [3.63, 3.8) is 0 Å². The fourth-order valence-electron chi connectivity index (χ4n) is 3.41. The minimum atomic E-state index is -0.308. The number of amides is 2. The van der Waals surface area contributed by atoms with E-state index in [1.165, 1.54) is 0 Å². The number of nitrogens with one attached hydrogen (secondary N) is 2. The highest BCUT2D eigenvalue weighted by Gasteiger charge is 2.42. The normalized spacial score (nSPS) is 17.2. The van der Waals surface area contributed by atoms with Gasteiger partial charge in [-0.25, -0.2) is 14.5 Å². The van der Waals surface area contributed by atoms with Crippen molar-refractivity contribution < 1.29 is 4.79 Å². The number of anilines is 1. The van der Waals surface area contributed by atoms with E-state index in [1.54, 1.807) is 17.5 Å². The summed E-state index contributed by atoms with van der Waals surface area (Å²) in [5.41, 5.74) is 0.700. The molecule has 0 saturated heterocycles. The van der Waals surface area contributed by atoms with Crippen molar-refractivity contribution in [2.75, 3.05) is 5.32 Å². The van der Waals surface area contributed by atoms with Crippen molar-refractivity contribution in [3.8, 4) is 0 Å². The van der Waals surface area contributed by atoms with Gasteiger partial charge >= 0.3 is 6.03 Å². The van der Waals surface area contributed by atoms with Gasteiger partial charge in [0.15, 0.2) is 0 Å². The summed E-state index contributed by atoms with van der Waals surface area (Å²) < 4.78 is 1.89. The molecule has 0 bridgehead atoms. The monoisotopic (exact) mass is 361 g/mol. The first-order valence-corrected chi connectivity index (χ1v) is 9.83. The van der Waals surface area contributed by atoms with E-state index < -0.39 is 0 Å². The maximum Gasteiger partial charge on any atom is 0.321 e. The zero-order valence-corrected chi connectivity index (χ0v) is 16.2. The number of carbonyl (C=O) groups is 1. The SMILES string of the molecule is Cc1csc(C2(NC(=O)Nc3ccnn3[C@@H](C)CC(C)C)CCC2)n1. The Morgan fingerprint density at radius 1 is 1.40 bits per heavy atom. The van der Waals surface area contributed by atoms with Crippen molar-refractivity contribution in [1.29, 1.82) is 0 Å². The highest BCUT2D eigenvalue weighted by Crippen LogP contribution is 2.42. The summed E-state index contributed by atoms with van der Waals surface area (Å²) in [4.78, 5) is 17.2. The number of aromatic nitrogens is 3. The second-order valence-corrected chi connectivity index (χ2v) is 8.31. The highest BCUT2D eigenvalue weighted by atomic mass is 32.1. The molecule has 25 heavy (non-hydrogen) atoms. The molecule has 2 heterocycles. The van der Waals surface area contributed by atoms with Crippen molar-refractivity contribution in [1.82, 2.24) is 20.1 Å². The molecule has 1 atom stereocenters. The molecule has 0 aromatic carbocycles. The molecule has 1 aliphatic rings. The van der Waals surface area contributed by atoms with Crippen LogP contribution in [0, 0.1) is 12.8 Å². The summed E-state index contributed by atoms with van der Waals surface area (Å²) in [5, 5.41) is 13.6. The molecule has 3 rings (SSSR count). The number of rotatable bonds is 6. The zero-order chi connectivity index (χ0) is 18.0. The summed E-state index contributed by atoms with van der Waals surface area (Å²) in [7, 11) is 0. The maximum atomic E-state index is 12.6. The Kier molecular flexibility index (Phi) is 5.13. The molecule has 7 heteroatoms. The van der Waals surface area contributed by atoms with E-state index in [1.807, 2.05) is 23.1 Å². The average Bonchev–Trinajstić information content (AvgIpc) is 3.11. The molecular weight excluding hydrogens is 334 g/mol. The van der Waals surface area contributed by atoms with E-state index in [-0.39, 0.29) is 17.6 Å². The summed E-state index contributed by atoms with van der Waals surface area (Å²) in [6.45, 7) is 8.50. The van der Waals surface area contributed by atoms with Crippen LogP contribution in [0.25, 0.3) is 0 Å². The number of thiazole rings is 1. The molecule has 0 aliphatic heterocycles. The zero-order valence-electron chi connectivity index (χ0n) is 15.4. The van der Waals surface area contributed by atoms with E-state index in [4.69, 9.17) is 0 Å². The van der Waals surface area contributed by atoms with Gasteiger partial charge in [-0.1, -0.05) is 13.8 Å². The first-order chi connectivity index (χ1) is 11.9. The third-order valence-electron chi connectivity index (χ3n) is 4.73. The lowest BCUT2D eigenvalue weighted by molar-refractivity contribution is 0.184. The topological polar surface area (TPSA) is 71.8 Å². The van der Waals surface area contributed by atoms with Gasteiger partial charge in [-0.05, 0) is 45.4 Å². The van der Waals surface area contributed by atoms with Gasteiger partial charge in [-0.2, -0.15) is 5.10 Å². The molecule has 2 aromatic heterocycles. The minimum Gasteiger partial charge on any atom is -0.326 e. The third kappa shape index (κ3) is 3.86. The van der Waals surface area contributed by atoms with Crippen LogP contribution in [0.3, 0.4) is 0 Å². The maximum absolute atomic E-state index is 12.6. The molecule has 136 valence electrons. The first-order valence-electron chi connectivity index (χ1n) is 8.95. The minimum absolute atomic E-state index is 0.189. The third-order valence-corrected chi connectivity index (χ3v) is 5.89. The summed E-state index contributed by atoms with van der Waals surface area (Å²) >= 11 is 1.63. The number of aryl methyl sites for hydroxylation is 1.